The minimum absolute atomic E-state index is 0. The Morgan fingerprint density at radius 2 is 1.52 bits per heavy atom. The molecule has 0 N–H and O–H groups in total. The summed E-state index contributed by atoms with van der Waals surface area (Å²) in [5, 5.41) is 3.16. The summed E-state index contributed by atoms with van der Waals surface area (Å²) in [6, 6.07) is 42.6. The van der Waals surface area contributed by atoms with Gasteiger partial charge in [0.05, 0.1) is 36.7 Å². The Bertz CT molecular complexity index is 3210. The maximum Gasteiger partial charge on any atom is 0.120 e. The van der Waals surface area contributed by atoms with Gasteiger partial charge in [0, 0.05) is 50.4 Å². The Hall–Kier alpha value is -5.46. The number of rotatable bonds is 8. The number of imidazole rings is 1. The van der Waals surface area contributed by atoms with Crippen molar-refractivity contribution < 1.29 is 31.4 Å². The molecule has 7 heteroatoms. The molecule has 1 radical (unpaired) electrons. The summed E-state index contributed by atoms with van der Waals surface area (Å²) in [5.41, 5.74) is 12.1. The molecule has 0 spiro atoms. The van der Waals surface area contributed by atoms with Gasteiger partial charge in [0.1, 0.15) is 5.58 Å². The Labute approximate surface area is 395 Å². The van der Waals surface area contributed by atoms with Crippen LogP contribution in [0.5, 0.6) is 0 Å². The van der Waals surface area contributed by atoms with E-state index in [1.165, 1.54) is 28.3 Å². The summed E-state index contributed by atoms with van der Waals surface area (Å²) in [6.07, 6.45) is 4.00. The topological polar surface area (TPSA) is 56.7 Å². The van der Waals surface area contributed by atoms with Gasteiger partial charge in [-0.1, -0.05) is 146 Å². The molecule has 5 aromatic carbocycles. The van der Waals surface area contributed by atoms with E-state index in [0.29, 0.717) is 16.8 Å². The number of pyridine rings is 2. The van der Waals surface area contributed by atoms with Crippen LogP contribution in [0.15, 0.2) is 132 Å². The fourth-order valence-electron chi connectivity index (χ4n) is 8.08. The van der Waals surface area contributed by atoms with Crippen molar-refractivity contribution in [1.29, 1.82) is 0 Å². The second kappa shape index (κ2) is 18.3. The van der Waals surface area contributed by atoms with Crippen LogP contribution in [-0.2, 0) is 26.5 Å². The summed E-state index contributed by atoms with van der Waals surface area (Å²) in [6.45, 7) is 19.1. The summed E-state index contributed by atoms with van der Waals surface area (Å²) in [7, 11) is -1.81. The molecule has 0 aliphatic heterocycles. The summed E-state index contributed by atoms with van der Waals surface area (Å²) in [5.74, 6) is 1.37. The predicted molar refractivity (Wildman–Crippen MR) is 263 cm³/mol. The van der Waals surface area contributed by atoms with E-state index in [4.69, 9.17) is 16.3 Å². The number of hydrogen-bond acceptors (Lipinski definition) is 4. The summed E-state index contributed by atoms with van der Waals surface area (Å²) < 4.78 is 48.8. The van der Waals surface area contributed by atoms with E-state index >= 15 is 0 Å². The minimum Gasteiger partial charge on any atom is -0.501 e. The molecule has 0 aliphatic rings. The van der Waals surface area contributed by atoms with Gasteiger partial charge >= 0.3 is 0 Å². The van der Waals surface area contributed by atoms with Gasteiger partial charge in [-0.3, -0.25) is 9.97 Å². The summed E-state index contributed by atoms with van der Waals surface area (Å²) >= 11 is 0. The van der Waals surface area contributed by atoms with E-state index < -0.39 is 26.7 Å². The van der Waals surface area contributed by atoms with Crippen molar-refractivity contribution >= 4 is 46.2 Å². The van der Waals surface area contributed by atoms with E-state index in [-0.39, 0.29) is 37.5 Å². The van der Waals surface area contributed by atoms with Crippen molar-refractivity contribution in [3.05, 3.63) is 162 Å². The Morgan fingerprint density at radius 1 is 0.810 bits per heavy atom. The molecule has 63 heavy (non-hydrogen) atoms. The molecule has 4 heterocycles. The molecule has 0 amide bonds. The van der Waals surface area contributed by atoms with Crippen LogP contribution in [0.2, 0.25) is 19.6 Å². The Balaban J connectivity index is 0.000000215. The molecule has 0 bridgehead atoms. The van der Waals surface area contributed by atoms with E-state index in [1.807, 2.05) is 63.4 Å². The van der Waals surface area contributed by atoms with Crippen molar-refractivity contribution in [2.24, 2.45) is 5.41 Å². The van der Waals surface area contributed by atoms with Gasteiger partial charge in [-0.2, -0.15) is 0 Å². The molecule has 9 rings (SSSR count). The van der Waals surface area contributed by atoms with E-state index in [2.05, 4.69) is 129 Å². The van der Waals surface area contributed by atoms with Crippen LogP contribution in [-0.4, -0.2) is 27.6 Å². The van der Waals surface area contributed by atoms with Crippen molar-refractivity contribution in [2.75, 3.05) is 0 Å². The van der Waals surface area contributed by atoms with Gasteiger partial charge < -0.3 is 14.0 Å². The van der Waals surface area contributed by atoms with Gasteiger partial charge in [0.2, 0.25) is 0 Å². The maximum atomic E-state index is 8.79. The molecule has 9 aromatic rings. The molecule has 5 nitrogen and oxygen atoms in total. The molecule has 0 saturated carbocycles. The van der Waals surface area contributed by atoms with E-state index in [0.717, 1.165) is 55.2 Å². The first-order valence-electron chi connectivity index (χ1n) is 24.0. The number of nitrogens with zero attached hydrogens (tertiary/aromatic N) is 4. The zero-order chi connectivity index (χ0) is 48.2. The first-order valence-corrected chi connectivity index (χ1v) is 25.0. The van der Waals surface area contributed by atoms with Crippen molar-refractivity contribution in [3.8, 4) is 39.5 Å². The molecular weight excluding hydrogens is 965 g/mol. The van der Waals surface area contributed by atoms with Gasteiger partial charge in [0.25, 0.3) is 0 Å². The normalized spacial score (nSPS) is 13.6. The van der Waals surface area contributed by atoms with Gasteiger partial charge in [0.15, 0.2) is 0 Å². The number of fused-ring (bicyclic) bond motifs is 4. The van der Waals surface area contributed by atoms with Crippen molar-refractivity contribution in [2.45, 2.75) is 93.2 Å². The number of hydrogen-bond donors (Lipinski definition) is 0. The molecule has 0 fully saturated rings. The minimum atomic E-state index is -2.17. The zero-order valence-corrected chi connectivity index (χ0v) is 41.2. The van der Waals surface area contributed by atoms with Crippen LogP contribution < -0.4 is 5.19 Å². The van der Waals surface area contributed by atoms with Gasteiger partial charge in [-0.25, -0.2) is 0 Å². The third-order valence-corrected chi connectivity index (χ3v) is 13.1. The maximum absolute atomic E-state index is 8.79. The monoisotopic (exact) mass is 1030 g/mol. The first-order chi connectivity index (χ1) is 31.6. The number of furan rings is 1. The third-order valence-electron chi connectivity index (χ3n) is 11.1. The van der Waals surface area contributed by atoms with Gasteiger partial charge in [-0.05, 0) is 81.0 Å². The Kier molecular flexibility index (Phi) is 11.4. The van der Waals surface area contributed by atoms with Gasteiger partial charge in [-0.15, -0.1) is 53.6 Å². The van der Waals surface area contributed by atoms with Crippen LogP contribution in [0.4, 0.5) is 0 Å². The average Bonchev–Trinajstić information content (AvgIpc) is 3.87. The fraction of sp³-hybridized carbons (Fsp3) is 0.268. The number of aryl methyl sites for hydroxylation is 1. The summed E-state index contributed by atoms with van der Waals surface area (Å²) in [4.78, 5) is 14.3. The quantitative estimate of drug-likeness (QED) is 0.112. The SMILES string of the molecule is CC(C)c1cc(-c2ccccc2)cc(C(C)C)c1-n1c(-c2[c-]ccc3c2oc2ccccc23)nc2ccncc21.[2H]C([2H])([2H])c1c[c-]c(-c2cc(C([2H])([2H])C(C)(C)C)c([Si](C)(C)C)cn2)cc1.[Ir]. The van der Waals surface area contributed by atoms with Crippen LogP contribution in [0, 0.1) is 24.4 Å². The van der Waals surface area contributed by atoms with Crippen LogP contribution >= 0.6 is 0 Å². The van der Waals surface area contributed by atoms with E-state index in [1.54, 1.807) is 24.5 Å². The van der Waals surface area contributed by atoms with Crippen LogP contribution in [0.3, 0.4) is 0 Å². The average molecular weight is 1030 g/mol. The Morgan fingerprint density at radius 3 is 2.17 bits per heavy atom. The molecular formula is C56H58IrN4OSi-2. The van der Waals surface area contributed by atoms with Crippen LogP contribution in [0.25, 0.3) is 72.4 Å². The molecule has 0 saturated heterocycles. The molecule has 4 aromatic heterocycles. The van der Waals surface area contributed by atoms with E-state index in [9.17, 15) is 0 Å². The van der Waals surface area contributed by atoms with Crippen molar-refractivity contribution in [3.63, 3.8) is 0 Å². The molecule has 0 atom stereocenters. The zero-order valence-electron chi connectivity index (χ0n) is 42.8. The third kappa shape index (κ3) is 9.57. The smallest absolute Gasteiger partial charge is 0.120 e. The largest absolute Gasteiger partial charge is 0.501 e. The molecule has 0 aliphatic carbocycles. The first kappa shape index (κ1) is 39.2. The second-order valence-electron chi connectivity index (χ2n) is 18.7. The fourth-order valence-corrected chi connectivity index (χ4v) is 9.48. The number of benzene rings is 5. The molecule has 323 valence electrons. The predicted octanol–water partition coefficient (Wildman–Crippen LogP) is 14.7. The van der Waals surface area contributed by atoms with Crippen molar-refractivity contribution in [1.82, 2.24) is 19.5 Å². The van der Waals surface area contributed by atoms with Crippen LogP contribution in [0.1, 0.15) is 89.4 Å². The second-order valence-corrected chi connectivity index (χ2v) is 23.8. The molecule has 0 unspecified atom stereocenters. The number of aromatic nitrogens is 4. The number of para-hydroxylation sites is 1. The standard InChI is InChI=1S/C36H30N3O.C20H28NSi.Ir/c1-22(2)29-19-25(24-11-6-5-7-12-24)20-30(23(3)4)34(29)39-32-21-37-18-17-31(32)38-36(39)28-15-10-14-27-26-13-8-9-16-33(26)40-35(27)28;1-15-8-10-16(11-9-15)18-12-17(13-20(2,3)4)19(14-21-18)22(5,6)7;/h5-14,16-23H,1-4H3;8-10,12,14H,13H2,1-7H3;/q2*-1;/i;1D3,13D2;.